The lowest BCUT2D eigenvalue weighted by molar-refractivity contribution is -0.131. The summed E-state index contributed by atoms with van der Waals surface area (Å²) < 4.78 is 5.47. The van der Waals surface area contributed by atoms with Crippen LogP contribution in [0.4, 0.5) is 0 Å². The summed E-state index contributed by atoms with van der Waals surface area (Å²) in [6, 6.07) is 5.23. The number of carboxylic acids is 1. The minimum absolute atomic E-state index is 0.487. The van der Waals surface area contributed by atoms with E-state index in [1.54, 1.807) is 18.2 Å². The van der Waals surface area contributed by atoms with Gasteiger partial charge in [0.15, 0.2) is 0 Å². The van der Waals surface area contributed by atoms with Crippen LogP contribution in [0.25, 0.3) is 6.08 Å². The highest BCUT2D eigenvalue weighted by atomic mass is 35.5. The molecule has 0 fully saturated rings. The van der Waals surface area contributed by atoms with Crippen molar-refractivity contribution in [2.75, 3.05) is 6.61 Å². The first-order valence-corrected chi connectivity index (χ1v) is 5.35. The van der Waals surface area contributed by atoms with Crippen LogP contribution in [0.2, 0.25) is 5.02 Å². The fraction of sp³-hybridized carbons (Fsp3) is 0.250. The molecule has 3 nitrogen and oxygen atoms in total. The van der Waals surface area contributed by atoms with E-state index < -0.39 is 5.97 Å². The lowest BCUT2D eigenvalue weighted by Crippen LogP contribution is -1.97. The first kappa shape index (κ1) is 12.6. The Balaban J connectivity index is 2.97. The molecule has 0 atom stereocenters. The van der Waals surface area contributed by atoms with Gasteiger partial charge in [0.1, 0.15) is 5.75 Å². The third-order valence-corrected chi connectivity index (χ3v) is 2.15. The van der Waals surface area contributed by atoms with Gasteiger partial charge in [-0.25, -0.2) is 4.79 Å². The quantitative estimate of drug-likeness (QED) is 0.804. The monoisotopic (exact) mass is 240 g/mol. The Morgan fingerprint density at radius 2 is 2.31 bits per heavy atom. The molecule has 86 valence electrons. The van der Waals surface area contributed by atoms with Crippen LogP contribution < -0.4 is 4.74 Å². The second kappa shape index (κ2) is 6.18. The number of ether oxygens (including phenoxy) is 1. The van der Waals surface area contributed by atoms with Gasteiger partial charge in [0, 0.05) is 11.6 Å². The molecule has 0 spiro atoms. The van der Waals surface area contributed by atoms with Crippen LogP contribution in [0.3, 0.4) is 0 Å². The molecule has 1 aromatic rings. The summed E-state index contributed by atoms with van der Waals surface area (Å²) in [5.74, 6) is -0.468. The summed E-state index contributed by atoms with van der Waals surface area (Å²) in [6.07, 6.45) is 3.40. The van der Waals surface area contributed by atoms with Crippen LogP contribution in [-0.4, -0.2) is 17.7 Å². The molecule has 1 rings (SSSR count). The number of benzene rings is 1. The molecule has 0 unspecified atom stereocenters. The van der Waals surface area contributed by atoms with Gasteiger partial charge in [-0.1, -0.05) is 30.7 Å². The van der Waals surface area contributed by atoms with Crippen molar-refractivity contribution in [2.45, 2.75) is 13.3 Å². The van der Waals surface area contributed by atoms with Gasteiger partial charge in [0.2, 0.25) is 0 Å². The van der Waals surface area contributed by atoms with Crippen LogP contribution in [0.5, 0.6) is 5.75 Å². The third-order valence-electron chi connectivity index (χ3n) is 1.85. The van der Waals surface area contributed by atoms with Gasteiger partial charge in [-0.3, -0.25) is 0 Å². The van der Waals surface area contributed by atoms with Crippen LogP contribution >= 0.6 is 11.6 Å². The van der Waals surface area contributed by atoms with E-state index in [-0.39, 0.29) is 0 Å². The highest BCUT2D eigenvalue weighted by Crippen LogP contribution is 2.29. The van der Waals surface area contributed by atoms with Crippen molar-refractivity contribution in [3.05, 3.63) is 34.9 Å². The number of rotatable bonds is 5. The summed E-state index contributed by atoms with van der Waals surface area (Å²) in [7, 11) is 0. The molecule has 0 aliphatic carbocycles. The highest BCUT2D eigenvalue weighted by Gasteiger charge is 2.05. The maximum atomic E-state index is 10.4. The van der Waals surface area contributed by atoms with Gasteiger partial charge in [-0.2, -0.15) is 0 Å². The number of carbonyl (C=O) groups is 1. The summed E-state index contributed by atoms with van der Waals surface area (Å²) >= 11 is 5.97. The molecule has 0 aromatic heterocycles. The average Bonchev–Trinajstić information content (AvgIpc) is 2.25. The fourth-order valence-electron chi connectivity index (χ4n) is 1.17. The van der Waals surface area contributed by atoms with E-state index in [9.17, 15) is 4.79 Å². The Morgan fingerprint density at radius 1 is 1.56 bits per heavy atom. The van der Waals surface area contributed by atoms with Crippen molar-refractivity contribution in [1.29, 1.82) is 0 Å². The standard InChI is InChI=1S/C12H13ClO3/c1-2-8-16-12-9(6-7-11(14)15)4-3-5-10(12)13/h3-7H,2,8H2,1H3,(H,14,15)/b7-6+. The molecular weight excluding hydrogens is 228 g/mol. The maximum absolute atomic E-state index is 10.4. The maximum Gasteiger partial charge on any atom is 0.328 e. The topological polar surface area (TPSA) is 46.5 Å². The van der Waals surface area contributed by atoms with Crippen LogP contribution in [-0.2, 0) is 4.79 Å². The van der Waals surface area contributed by atoms with E-state index in [0.717, 1.165) is 12.5 Å². The Hall–Kier alpha value is -1.48. The second-order valence-corrected chi connectivity index (χ2v) is 3.59. The number of halogens is 1. The van der Waals surface area contributed by atoms with Crippen LogP contribution in [0, 0.1) is 0 Å². The number of para-hydroxylation sites is 1. The average molecular weight is 241 g/mol. The van der Waals surface area contributed by atoms with Crippen molar-refractivity contribution in [3.8, 4) is 5.75 Å². The summed E-state index contributed by atoms with van der Waals surface area (Å²) in [6.45, 7) is 2.54. The zero-order chi connectivity index (χ0) is 12.0. The number of aliphatic carboxylic acids is 1. The molecule has 1 N–H and O–H groups in total. The van der Waals surface area contributed by atoms with Gasteiger partial charge >= 0.3 is 5.97 Å². The minimum atomic E-state index is -0.999. The fourth-order valence-corrected chi connectivity index (χ4v) is 1.41. The first-order valence-electron chi connectivity index (χ1n) is 4.97. The van der Waals surface area contributed by atoms with Crippen molar-refractivity contribution in [2.24, 2.45) is 0 Å². The lowest BCUT2D eigenvalue weighted by atomic mass is 10.2. The predicted molar refractivity (Wildman–Crippen MR) is 63.9 cm³/mol. The van der Waals surface area contributed by atoms with E-state index in [0.29, 0.717) is 22.9 Å². The van der Waals surface area contributed by atoms with E-state index in [2.05, 4.69) is 0 Å². The number of carboxylic acid groups (broad SMARTS) is 1. The zero-order valence-electron chi connectivity index (χ0n) is 8.94. The van der Waals surface area contributed by atoms with Crippen molar-refractivity contribution in [1.82, 2.24) is 0 Å². The normalized spacial score (nSPS) is 10.6. The van der Waals surface area contributed by atoms with E-state index >= 15 is 0 Å². The number of hydrogen-bond donors (Lipinski definition) is 1. The van der Waals surface area contributed by atoms with Crippen molar-refractivity contribution >= 4 is 23.6 Å². The predicted octanol–water partition coefficient (Wildman–Crippen LogP) is 3.23. The SMILES string of the molecule is CCCOc1c(Cl)cccc1/C=C/C(=O)O. The van der Waals surface area contributed by atoms with Crippen LogP contribution in [0.1, 0.15) is 18.9 Å². The molecule has 16 heavy (non-hydrogen) atoms. The van der Waals surface area contributed by atoms with Gasteiger partial charge in [-0.05, 0) is 18.6 Å². The largest absolute Gasteiger partial charge is 0.491 e. The summed E-state index contributed by atoms with van der Waals surface area (Å²) in [4.78, 5) is 10.4. The molecule has 1 aromatic carbocycles. The van der Waals surface area contributed by atoms with E-state index in [1.165, 1.54) is 6.08 Å². The Morgan fingerprint density at radius 3 is 2.94 bits per heavy atom. The second-order valence-electron chi connectivity index (χ2n) is 3.18. The molecule has 0 aliphatic heterocycles. The third kappa shape index (κ3) is 3.59. The molecule has 4 heteroatoms. The molecule has 0 heterocycles. The molecule has 0 aliphatic rings. The molecule has 0 saturated heterocycles. The zero-order valence-corrected chi connectivity index (χ0v) is 9.70. The van der Waals surface area contributed by atoms with E-state index in [1.807, 2.05) is 6.92 Å². The molecule has 0 saturated carbocycles. The Labute approximate surface area is 99.3 Å². The van der Waals surface area contributed by atoms with Gasteiger partial charge < -0.3 is 9.84 Å². The van der Waals surface area contributed by atoms with Crippen molar-refractivity contribution < 1.29 is 14.6 Å². The van der Waals surface area contributed by atoms with Gasteiger partial charge in [0.25, 0.3) is 0 Å². The Kier molecular flexibility index (Phi) is 4.86. The van der Waals surface area contributed by atoms with E-state index in [4.69, 9.17) is 21.4 Å². The minimum Gasteiger partial charge on any atom is -0.491 e. The molecule has 0 bridgehead atoms. The number of hydrogen-bond acceptors (Lipinski definition) is 2. The summed E-state index contributed by atoms with van der Waals surface area (Å²) in [5, 5.41) is 9.04. The lowest BCUT2D eigenvalue weighted by Gasteiger charge is -2.09. The molecular formula is C12H13ClO3. The van der Waals surface area contributed by atoms with Gasteiger partial charge in [-0.15, -0.1) is 0 Å². The Bertz CT molecular complexity index is 399. The highest BCUT2D eigenvalue weighted by molar-refractivity contribution is 6.32. The van der Waals surface area contributed by atoms with Gasteiger partial charge in [0.05, 0.1) is 11.6 Å². The smallest absolute Gasteiger partial charge is 0.328 e. The van der Waals surface area contributed by atoms with Crippen LogP contribution in [0.15, 0.2) is 24.3 Å². The molecule has 0 amide bonds. The van der Waals surface area contributed by atoms with Crippen molar-refractivity contribution in [3.63, 3.8) is 0 Å². The molecule has 0 radical (unpaired) electrons. The first-order chi connectivity index (χ1) is 7.65. The summed E-state index contributed by atoms with van der Waals surface area (Å²) in [5.41, 5.74) is 0.670.